The molecule has 0 saturated carbocycles. The van der Waals surface area contributed by atoms with Crippen LogP contribution in [-0.2, 0) is 0 Å². The Kier molecular flexibility index (Phi) is 3.56. The van der Waals surface area contributed by atoms with Crippen molar-refractivity contribution in [2.75, 3.05) is 0 Å². The summed E-state index contributed by atoms with van der Waals surface area (Å²) < 4.78 is 0. The van der Waals surface area contributed by atoms with Gasteiger partial charge in [0.25, 0.3) is 0 Å². The zero-order valence-corrected chi connectivity index (χ0v) is 4.72. The average molecular weight is 100 g/mol. The van der Waals surface area contributed by atoms with Crippen molar-refractivity contribution in [3.63, 3.8) is 0 Å². The Morgan fingerprint density at radius 2 is 2.29 bits per heavy atom. The average Bonchev–Trinajstić information content (AvgIpc) is 1.61. The van der Waals surface area contributed by atoms with Gasteiger partial charge in [-0.05, 0) is 12.3 Å². The van der Waals surface area contributed by atoms with Crippen LogP contribution in [-0.4, -0.2) is 0 Å². The fourth-order valence-corrected chi connectivity index (χ4v) is 0.254. The fourth-order valence-electron chi connectivity index (χ4n) is 0.254. The molecular formula is C5H10NO. The molecule has 2 heteroatoms. The van der Waals surface area contributed by atoms with E-state index in [0.29, 0.717) is 5.92 Å². The minimum absolute atomic E-state index is 0.553. The lowest BCUT2D eigenvalue weighted by atomic mass is 10.1. The third-order valence-corrected chi connectivity index (χ3v) is 0.651. The van der Waals surface area contributed by atoms with Crippen LogP contribution in [0.4, 0.5) is 0 Å². The van der Waals surface area contributed by atoms with Crippen LogP contribution in [0.25, 0.3) is 0 Å². The molecule has 0 amide bonds. The molecule has 0 aliphatic rings. The molecule has 0 rings (SSSR count). The molecule has 0 fully saturated rings. The second kappa shape index (κ2) is 3.78. The standard InChI is InChI=1S/C5H10NO/c1-5(2)3-4-6-7/h4-5H,3H2,1-2H3. The number of nitrogens with zero attached hydrogens (tertiary/aromatic N) is 1. The summed E-state index contributed by atoms with van der Waals surface area (Å²) >= 11 is 0. The number of hydrogen-bond acceptors (Lipinski definition) is 2. The highest BCUT2D eigenvalue weighted by Gasteiger charge is 1.90. The number of nitroso groups, excluding NO2 is 1. The van der Waals surface area contributed by atoms with Crippen LogP contribution >= 0.6 is 0 Å². The highest BCUT2D eigenvalue weighted by Crippen LogP contribution is 2.01. The van der Waals surface area contributed by atoms with E-state index in [1.54, 1.807) is 0 Å². The molecule has 0 unspecified atom stereocenters. The largest absolute Gasteiger partial charge is 0.150 e. The molecule has 0 heterocycles. The van der Waals surface area contributed by atoms with Gasteiger partial charge in [-0.25, -0.2) is 0 Å². The van der Waals surface area contributed by atoms with E-state index in [2.05, 4.69) is 5.18 Å². The monoisotopic (exact) mass is 100 g/mol. The van der Waals surface area contributed by atoms with E-state index in [0.717, 1.165) is 6.42 Å². The molecule has 0 aromatic rings. The number of hydrogen-bond donors (Lipinski definition) is 0. The molecule has 0 spiro atoms. The lowest BCUT2D eigenvalue weighted by Crippen LogP contribution is -1.83. The molecule has 0 aromatic carbocycles. The van der Waals surface area contributed by atoms with Crippen LogP contribution < -0.4 is 0 Å². The third-order valence-electron chi connectivity index (χ3n) is 0.651. The molecular weight excluding hydrogens is 90.1 g/mol. The lowest BCUT2D eigenvalue weighted by Gasteiger charge is -1.94. The first-order valence-corrected chi connectivity index (χ1v) is 2.41. The first-order valence-electron chi connectivity index (χ1n) is 2.41. The molecule has 2 nitrogen and oxygen atoms in total. The molecule has 0 aromatic heterocycles. The lowest BCUT2D eigenvalue weighted by molar-refractivity contribution is 0.634. The van der Waals surface area contributed by atoms with Crippen molar-refractivity contribution in [2.45, 2.75) is 20.3 Å². The zero-order chi connectivity index (χ0) is 5.70. The van der Waals surface area contributed by atoms with Crippen molar-refractivity contribution >= 4 is 0 Å². The summed E-state index contributed by atoms with van der Waals surface area (Å²) in [4.78, 5) is 9.40. The molecule has 41 valence electrons. The van der Waals surface area contributed by atoms with Crippen LogP contribution in [0, 0.1) is 17.4 Å². The van der Waals surface area contributed by atoms with Crippen LogP contribution in [0.3, 0.4) is 0 Å². The Hall–Kier alpha value is -0.400. The van der Waals surface area contributed by atoms with Gasteiger partial charge in [0.15, 0.2) is 0 Å². The van der Waals surface area contributed by atoms with Gasteiger partial charge in [-0.3, -0.25) is 0 Å². The van der Waals surface area contributed by atoms with Gasteiger partial charge in [0, 0.05) is 0 Å². The molecule has 0 aliphatic heterocycles. The molecule has 0 bridgehead atoms. The summed E-state index contributed by atoms with van der Waals surface area (Å²) in [5.41, 5.74) is 0. The van der Waals surface area contributed by atoms with Gasteiger partial charge in [0.2, 0.25) is 0 Å². The summed E-state index contributed by atoms with van der Waals surface area (Å²) in [5, 5.41) is 2.60. The third kappa shape index (κ3) is 5.60. The second-order valence-corrected chi connectivity index (χ2v) is 1.92. The first kappa shape index (κ1) is 6.60. The highest BCUT2D eigenvalue weighted by molar-refractivity contribution is 4.60. The van der Waals surface area contributed by atoms with E-state index >= 15 is 0 Å². The van der Waals surface area contributed by atoms with Crippen LogP contribution in [0.15, 0.2) is 5.18 Å². The Labute approximate surface area is 43.9 Å². The number of rotatable bonds is 3. The van der Waals surface area contributed by atoms with E-state index in [9.17, 15) is 4.91 Å². The zero-order valence-electron chi connectivity index (χ0n) is 4.72. The maximum atomic E-state index is 9.40. The quantitative estimate of drug-likeness (QED) is 0.498. The van der Waals surface area contributed by atoms with Crippen molar-refractivity contribution in [3.05, 3.63) is 11.5 Å². The van der Waals surface area contributed by atoms with Crippen molar-refractivity contribution in [1.29, 1.82) is 0 Å². The van der Waals surface area contributed by atoms with Gasteiger partial charge >= 0.3 is 0 Å². The van der Waals surface area contributed by atoms with E-state index in [4.69, 9.17) is 0 Å². The minimum atomic E-state index is 0.553. The minimum Gasteiger partial charge on any atom is -0.150 e. The van der Waals surface area contributed by atoms with Gasteiger partial charge in [-0.2, -0.15) is 4.91 Å². The molecule has 0 aliphatic carbocycles. The second-order valence-electron chi connectivity index (χ2n) is 1.92. The predicted molar refractivity (Wildman–Crippen MR) is 29.5 cm³/mol. The van der Waals surface area contributed by atoms with E-state index in [1.165, 1.54) is 6.54 Å². The Bertz CT molecular complexity index is 52.0. The summed E-state index contributed by atoms with van der Waals surface area (Å²) in [7, 11) is 0. The molecule has 0 N–H and O–H groups in total. The summed E-state index contributed by atoms with van der Waals surface area (Å²) in [5.74, 6) is 0.553. The molecule has 7 heavy (non-hydrogen) atoms. The molecule has 0 saturated heterocycles. The van der Waals surface area contributed by atoms with Crippen molar-refractivity contribution in [3.8, 4) is 0 Å². The Morgan fingerprint density at radius 1 is 1.71 bits per heavy atom. The smallest absolute Gasteiger partial charge is 0.118 e. The van der Waals surface area contributed by atoms with E-state index in [-0.39, 0.29) is 0 Å². The molecule has 0 atom stereocenters. The maximum absolute atomic E-state index is 9.40. The van der Waals surface area contributed by atoms with Crippen molar-refractivity contribution in [2.24, 2.45) is 11.1 Å². The highest BCUT2D eigenvalue weighted by atomic mass is 16.3. The SMILES string of the molecule is CC(C)C[CH]N=O. The van der Waals surface area contributed by atoms with Crippen LogP contribution in [0.2, 0.25) is 0 Å². The normalized spacial score (nSPS) is 9.57. The van der Waals surface area contributed by atoms with Gasteiger partial charge < -0.3 is 0 Å². The molecule has 1 radical (unpaired) electrons. The van der Waals surface area contributed by atoms with Crippen molar-refractivity contribution < 1.29 is 0 Å². The van der Waals surface area contributed by atoms with Crippen molar-refractivity contribution in [1.82, 2.24) is 0 Å². The van der Waals surface area contributed by atoms with Gasteiger partial charge in [0.05, 0.1) is 0 Å². The summed E-state index contributed by atoms with van der Waals surface area (Å²) in [6.45, 7) is 5.48. The van der Waals surface area contributed by atoms with E-state index in [1.807, 2.05) is 13.8 Å². The van der Waals surface area contributed by atoms with Crippen LogP contribution in [0.1, 0.15) is 20.3 Å². The fraction of sp³-hybridized carbons (Fsp3) is 0.800. The van der Waals surface area contributed by atoms with Gasteiger partial charge in [-0.1, -0.05) is 19.0 Å². The summed E-state index contributed by atoms with van der Waals surface area (Å²) in [6.07, 6.45) is 0.795. The first-order chi connectivity index (χ1) is 3.27. The topological polar surface area (TPSA) is 29.4 Å². The Morgan fingerprint density at radius 3 is 2.43 bits per heavy atom. The van der Waals surface area contributed by atoms with Gasteiger partial charge in [0.1, 0.15) is 6.54 Å². The maximum Gasteiger partial charge on any atom is 0.118 e. The summed E-state index contributed by atoms with van der Waals surface area (Å²) in [6, 6.07) is 0. The Balaban J connectivity index is 2.81. The predicted octanol–water partition coefficient (Wildman–Crippen LogP) is 1.96. The van der Waals surface area contributed by atoms with Crippen LogP contribution in [0.5, 0.6) is 0 Å². The van der Waals surface area contributed by atoms with Gasteiger partial charge in [-0.15, -0.1) is 0 Å². The van der Waals surface area contributed by atoms with E-state index < -0.39 is 0 Å².